The molecule has 0 amide bonds. The quantitative estimate of drug-likeness (QED) is 0.155. The van der Waals surface area contributed by atoms with Crippen molar-refractivity contribution in [1.82, 2.24) is 9.97 Å². The molecule has 3 heteroatoms. The van der Waals surface area contributed by atoms with Gasteiger partial charge in [0, 0.05) is 17.8 Å². The Morgan fingerprint density at radius 3 is 1.19 bits per heavy atom. The van der Waals surface area contributed by atoms with Crippen LogP contribution in [-0.2, 0) is 37.3 Å². The van der Waals surface area contributed by atoms with Crippen molar-refractivity contribution in [3.63, 3.8) is 0 Å². The Morgan fingerprint density at radius 2 is 0.793 bits per heavy atom. The molecule has 0 radical (unpaired) electrons. The van der Waals surface area contributed by atoms with Gasteiger partial charge >= 0.3 is 21.1 Å². The summed E-state index contributed by atoms with van der Waals surface area (Å²) in [4.78, 5) is 10.00. The minimum atomic E-state index is -0.782. The average Bonchev–Trinajstić information content (AvgIpc) is 3.55. The van der Waals surface area contributed by atoms with Crippen LogP contribution in [0.25, 0.3) is 55.9 Å². The van der Waals surface area contributed by atoms with Crippen LogP contribution in [0.15, 0.2) is 170 Å². The molecule has 2 nitrogen and oxygen atoms in total. The number of pyridine rings is 2. The fourth-order valence-electron chi connectivity index (χ4n) is 8.46. The second-order valence-electron chi connectivity index (χ2n) is 17.3. The van der Waals surface area contributed by atoms with Gasteiger partial charge in [-0.1, -0.05) is 163 Å². The van der Waals surface area contributed by atoms with Crippen LogP contribution in [0.4, 0.5) is 0 Å². The van der Waals surface area contributed by atoms with Crippen molar-refractivity contribution in [2.75, 3.05) is 0 Å². The van der Waals surface area contributed by atoms with E-state index < -0.39 is 5.41 Å². The Bertz CT molecular complexity index is 2560. The monoisotopic (exact) mass is 929 g/mol. The standard InChI is InChI=1S/C55H46N2.Pt/c1-53(2,3)43-25-27-56-51(35-43)41-29-39(37-17-9-7-10-18-37)31-45(33-41)55(49-23-15-13-21-47(49)48-22-14-16-24-50(48)55)46-32-40(38-19-11-8-12-20-38)30-42(34-46)52-36-44(26-28-57-52)54(4,5)6;/h7-32,35-36H,1-6H3;/q-2;+2. The van der Waals surface area contributed by atoms with Crippen molar-refractivity contribution < 1.29 is 21.1 Å². The number of benzene rings is 6. The Kier molecular flexibility index (Phi) is 10.3. The van der Waals surface area contributed by atoms with Crippen LogP contribution >= 0.6 is 0 Å². The molecule has 8 aromatic rings. The molecule has 0 spiro atoms. The minimum absolute atomic E-state index is 0. The van der Waals surface area contributed by atoms with Crippen LogP contribution in [0, 0.1) is 12.1 Å². The van der Waals surface area contributed by atoms with Gasteiger partial charge in [0.1, 0.15) is 0 Å². The Hall–Kier alpha value is -5.69. The van der Waals surface area contributed by atoms with Gasteiger partial charge in [0.2, 0.25) is 0 Å². The summed E-state index contributed by atoms with van der Waals surface area (Å²) >= 11 is 0. The van der Waals surface area contributed by atoms with Gasteiger partial charge in [-0.15, -0.1) is 69.8 Å². The third-order valence-electron chi connectivity index (χ3n) is 11.5. The summed E-state index contributed by atoms with van der Waals surface area (Å²) in [6.45, 7) is 13.5. The van der Waals surface area contributed by atoms with Gasteiger partial charge in [-0.2, -0.15) is 0 Å². The SMILES string of the molecule is CC(C)(C)c1ccnc(-c2[c-]c(C3(c4[c-]c(-c5cc(C(C)(C)C)ccn5)cc(-c5ccccc5)c4)c4ccccc4-c4ccccc43)cc(-c3ccccc3)c2)c1.[Pt+2]. The van der Waals surface area contributed by atoms with E-state index in [-0.39, 0.29) is 31.9 Å². The second kappa shape index (κ2) is 15.2. The van der Waals surface area contributed by atoms with Gasteiger partial charge < -0.3 is 9.97 Å². The number of nitrogens with zero attached hydrogens (tertiary/aromatic N) is 2. The normalized spacial score (nSPS) is 13.0. The molecule has 0 saturated heterocycles. The number of rotatable bonds is 6. The number of hydrogen-bond acceptors (Lipinski definition) is 2. The van der Waals surface area contributed by atoms with Crippen LogP contribution in [0.3, 0.4) is 0 Å². The summed E-state index contributed by atoms with van der Waals surface area (Å²) in [6, 6.07) is 65.3. The zero-order chi connectivity index (χ0) is 39.4. The Morgan fingerprint density at radius 1 is 0.414 bits per heavy atom. The third kappa shape index (κ3) is 6.99. The molecule has 58 heavy (non-hydrogen) atoms. The van der Waals surface area contributed by atoms with Crippen molar-refractivity contribution >= 4 is 0 Å². The van der Waals surface area contributed by atoms with Gasteiger partial charge in [-0.05, 0) is 78.9 Å². The van der Waals surface area contributed by atoms with Crippen LogP contribution in [0.1, 0.15) is 74.9 Å². The molecular formula is C55H46N2Pt. The molecule has 286 valence electrons. The predicted molar refractivity (Wildman–Crippen MR) is 236 cm³/mol. The largest absolute Gasteiger partial charge is 2.00 e. The molecule has 1 aliphatic carbocycles. The van der Waals surface area contributed by atoms with Crippen molar-refractivity contribution in [3.8, 4) is 55.9 Å². The molecule has 6 aromatic carbocycles. The van der Waals surface area contributed by atoms with Crippen molar-refractivity contribution in [2.45, 2.75) is 57.8 Å². The van der Waals surface area contributed by atoms with Gasteiger partial charge in [0.15, 0.2) is 0 Å². The molecule has 0 N–H and O–H groups in total. The summed E-state index contributed by atoms with van der Waals surface area (Å²) in [7, 11) is 0. The number of hydrogen-bond donors (Lipinski definition) is 0. The van der Waals surface area contributed by atoms with E-state index in [0.29, 0.717) is 0 Å². The molecule has 9 rings (SSSR count). The number of aromatic nitrogens is 2. The topological polar surface area (TPSA) is 25.8 Å². The smallest absolute Gasteiger partial charge is 0.305 e. The molecule has 2 heterocycles. The van der Waals surface area contributed by atoms with E-state index in [1.54, 1.807) is 0 Å². The van der Waals surface area contributed by atoms with Gasteiger partial charge in [0.25, 0.3) is 0 Å². The fraction of sp³-hybridized carbons (Fsp3) is 0.164. The molecule has 0 bridgehead atoms. The van der Waals surface area contributed by atoms with Crippen molar-refractivity contribution in [1.29, 1.82) is 0 Å². The van der Waals surface area contributed by atoms with Crippen LogP contribution in [0.5, 0.6) is 0 Å². The summed E-state index contributed by atoms with van der Waals surface area (Å²) in [6.07, 6.45) is 3.88. The van der Waals surface area contributed by atoms with Crippen LogP contribution in [-0.4, -0.2) is 9.97 Å². The van der Waals surface area contributed by atoms with E-state index in [9.17, 15) is 0 Å². The zero-order valence-corrected chi connectivity index (χ0v) is 36.1. The Balaban J connectivity index is 0.00000469. The average molecular weight is 930 g/mol. The summed E-state index contributed by atoms with van der Waals surface area (Å²) in [5.41, 5.74) is 16.8. The van der Waals surface area contributed by atoms with Gasteiger partial charge in [-0.3, -0.25) is 0 Å². The molecule has 0 atom stereocenters. The van der Waals surface area contributed by atoms with Gasteiger partial charge in [-0.25, -0.2) is 0 Å². The first-order chi connectivity index (χ1) is 27.5. The van der Waals surface area contributed by atoms with E-state index in [1.807, 2.05) is 12.4 Å². The maximum absolute atomic E-state index is 5.00. The molecular weight excluding hydrogens is 884 g/mol. The molecule has 0 saturated carbocycles. The summed E-state index contributed by atoms with van der Waals surface area (Å²) < 4.78 is 0. The first-order valence-corrected chi connectivity index (χ1v) is 19.9. The first kappa shape index (κ1) is 39.1. The molecule has 0 aliphatic heterocycles. The first-order valence-electron chi connectivity index (χ1n) is 19.9. The second-order valence-corrected chi connectivity index (χ2v) is 17.3. The van der Waals surface area contributed by atoms with E-state index in [1.165, 1.54) is 33.4 Å². The van der Waals surface area contributed by atoms with Crippen molar-refractivity contribution in [2.24, 2.45) is 0 Å². The molecule has 1 aliphatic rings. The minimum Gasteiger partial charge on any atom is -0.305 e. The molecule has 2 aromatic heterocycles. The van der Waals surface area contributed by atoms with E-state index in [0.717, 1.165) is 55.9 Å². The summed E-state index contributed by atoms with van der Waals surface area (Å²) in [5.74, 6) is 0. The van der Waals surface area contributed by atoms with Crippen molar-refractivity contribution in [3.05, 3.63) is 216 Å². The van der Waals surface area contributed by atoms with Gasteiger partial charge in [0.05, 0.1) is 0 Å². The van der Waals surface area contributed by atoms with E-state index in [2.05, 4.69) is 211 Å². The summed E-state index contributed by atoms with van der Waals surface area (Å²) in [5, 5.41) is 0. The maximum Gasteiger partial charge on any atom is 2.00 e. The predicted octanol–water partition coefficient (Wildman–Crippen LogP) is 13.7. The fourth-order valence-corrected chi connectivity index (χ4v) is 8.46. The van der Waals surface area contributed by atoms with E-state index >= 15 is 0 Å². The van der Waals surface area contributed by atoms with Crippen LogP contribution in [0.2, 0.25) is 0 Å². The van der Waals surface area contributed by atoms with E-state index in [4.69, 9.17) is 9.97 Å². The number of fused-ring (bicyclic) bond motifs is 3. The zero-order valence-electron chi connectivity index (χ0n) is 33.9. The molecule has 0 unspecified atom stereocenters. The Labute approximate surface area is 358 Å². The maximum atomic E-state index is 5.00. The molecule has 0 fully saturated rings. The third-order valence-corrected chi connectivity index (χ3v) is 11.5. The van der Waals surface area contributed by atoms with Crippen LogP contribution < -0.4 is 0 Å².